The van der Waals surface area contributed by atoms with Crippen LogP contribution in [-0.2, 0) is 0 Å². The number of rotatable bonds is 2. The molecule has 1 fully saturated rings. The van der Waals surface area contributed by atoms with Gasteiger partial charge >= 0.3 is 0 Å². The third-order valence-electron chi connectivity index (χ3n) is 3.55. The van der Waals surface area contributed by atoms with E-state index < -0.39 is 0 Å². The topological polar surface area (TPSA) is 33.7 Å². The molecule has 1 aromatic carbocycles. The lowest BCUT2D eigenvalue weighted by atomic mass is 10.1. The van der Waals surface area contributed by atoms with E-state index in [4.69, 9.17) is 9.47 Å². The third-order valence-corrected chi connectivity index (χ3v) is 3.55. The van der Waals surface area contributed by atoms with E-state index in [1.54, 1.807) is 0 Å². The van der Waals surface area contributed by atoms with Crippen molar-refractivity contribution in [3.05, 3.63) is 18.2 Å². The number of anilines is 1. The van der Waals surface area contributed by atoms with Gasteiger partial charge in [-0.2, -0.15) is 0 Å². The summed E-state index contributed by atoms with van der Waals surface area (Å²) in [6.07, 6.45) is 2.50. The van der Waals surface area contributed by atoms with Gasteiger partial charge in [0.05, 0.1) is 0 Å². The SMILES string of the molecule is CNC1CCCN(c2ccc3c(c2)OCO3)C1. The largest absolute Gasteiger partial charge is 0.454 e. The summed E-state index contributed by atoms with van der Waals surface area (Å²) in [5, 5.41) is 3.36. The first-order valence-electron chi connectivity index (χ1n) is 6.18. The third kappa shape index (κ3) is 2.05. The maximum absolute atomic E-state index is 5.42. The van der Waals surface area contributed by atoms with E-state index in [-0.39, 0.29) is 0 Å². The van der Waals surface area contributed by atoms with E-state index in [1.165, 1.54) is 18.5 Å². The minimum Gasteiger partial charge on any atom is -0.454 e. The maximum atomic E-state index is 5.42. The van der Waals surface area contributed by atoms with E-state index in [0.29, 0.717) is 12.8 Å². The van der Waals surface area contributed by atoms with Crippen LogP contribution in [0.3, 0.4) is 0 Å². The van der Waals surface area contributed by atoms with E-state index in [1.807, 2.05) is 13.1 Å². The molecule has 2 heterocycles. The number of likely N-dealkylation sites (N-methyl/N-ethyl adjacent to an activating group) is 1. The fraction of sp³-hybridized carbons (Fsp3) is 0.538. The van der Waals surface area contributed by atoms with E-state index >= 15 is 0 Å². The first-order valence-corrected chi connectivity index (χ1v) is 6.18. The van der Waals surface area contributed by atoms with Crippen LogP contribution in [0.25, 0.3) is 0 Å². The van der Waals surface area contributed by atoms with Crippen molar-refractivity contribution in [2.24, 2.45) is 0 Å². The van der Waals surface area contributed by atoms with Crippen molar-refractivity contribution in [2.45, 2.75) is 18.9 Å². The van der Waals surface area contributed by atoms with Gasteiger partial charge in [0.1, 0.15) is 0 Å². The van der Waals surface area contributed by atoms with Crippen molar-refractivity contribution in [1.29, 1.82) is 0 Å². The van der Waals surface area contributed by atoms with Crippen molar-refractivity contribution in [1.82, 2.24) is 5.32 Å². The lowest BCUT2D eigenvalue weighted by Crippen LogP contribution is -2.44. The number of ether oxygens (including phenoxy) is 2. The Morgan fingerprint density at radius 2 is 2.18 bits per heavy atom. The monoisotopic (exact) mass is 234 g/mol. The molecule has 0 amide bonds. The summed E-state index contributed by atoms with van der Waals surface area (Å²) in [7, 11) is 2.04. The van der Waals surface area contributed by atoms with Gasteiger partial charge in [0.2, 0.25) is 6.79 Å². The van der Waals surface area contributed by atoms with Crippen LogP contribution in [-0.4, -0.2) is 33.0 Å². The quantitative estimate of drug-likeness (QED) is 0.843. The van der Waals surface area contributed by atoms with Gasteiger partial charge in [0, 0.05) is 30.9 Å². The molecule has 2 aliphatic heterocycles. The average Bonchev–Trinajstić information content (AvgIpc) is 2.86. The zero-order valence-electron chi connectivity index (χ0n) is 10.1. The molecule has 17 heavy (non-hydrogen) atoms. The van der Waals surface area contributed by atoms with Crippen LogP contribution >= 0.6 is 0 Å². The molecule has 0 saturated carbocycles. The fourth-order valence-electron chi connectivity index (χ4n) is 2.53. The highest BCUT2D eigenvalue weighted by Gasteiger charge is 2.21. The van der Waals surface area contributed by atoms with Crippen molar-refractivity contribution >= 4 is 5.69 Å². The molecule has 0 radical (unpaired) electrons. The number of piperidine rings is 1. The molecule has 1 N–H and O–H groups in total. The highest BCUT2D eigenvalue weighted by Crippen LogP contribution is 2.36. The van der Waals surface area contributed by atoms with Gasteiger partial charge in [-0.3, -0.25) is 0 Å². The molecule has 92 valence electrons. The van der Waals surface area contributed by atoms with Gasteiger partial charge in [-0.25, -0.2) is 0 Å². The predicted molar refractivity (Wildman–Crippen MR) is 66.9 cm³/mol. The summed E-state index contributed by atoms with van der Waals surface area (Å²) in [5.41, 5.74) is 1.23. The zero-order chi connectivity index (χ0) is 11.7. The second-order valence-electron chi connectivity index (χ2n) is 4.61. The molecule has 1 atom stereocenters. The summed E-state index contributed by atoms with van der Waals surface area (Å²) in [6.45, 7) is 2.53. The first kappa shape index (κ1) is 10.7. The van der Waals surface area contributed by atoms with Gasteiger partial charge in [0.25, 0.3) is 0 Å². The van der Waals surface area contributed by atoms with Crippen molar-refractivity contribution in [2.75, 3.05) is 31.8 Å². The van der Waals surface area contributed by atoms with Crippen LogP contribution in [0.4, 0.5) is 5.69 Å². The Labute approximate surface area is 102 Å². The predicted octanol–water partition coefficient (Wildman–Crippen LogP) is 1.60. The van der Waals surface area contributed by atoms with Gasteiger partial charge in [0.15, 0.2) is 11.5 Å². The van der Waals surface area contributed by atoms with Crippen LogP contribution in [0.15, 0.2) is 18.2 Å². The van der Waals surface area contributed by atoms with E-state index in [9.17, 15) is 0 Å². The zero-order valence-corrected chi connectivity index (χ0v) is 10.1. The van der Waals surface area contributed by atoms with Crippen molar-refractivity contribution in [3.63, 3.8) is 0 Å². The number of nitrogens with one attached hydrogen (secondary N) is 1. The molecule has 1 unspecified atom stereocenters. The highest BCUT2D eigenvalue weighted by molar-refractivity contribution is 5.57. The Morgan fingerprint density at radius 1 is 1.29 bits per heavy atom. The first-order chi connectivity index (χ1) is 8.36. The molecule has 0 spiro atoms. The number of nitrogens with zero attached hydrogens (tertiary/aromatic N) is 1. The van der Waals surface area contributed by atoms with Crippen molar-refractivity contribution < 1.29 is 9.47 Å². The molecule has 3 rings (SSSR count). The summed E-state index contributed by atoms with van der Waals surface area (Å²) in [6, 6.07) is 6.79. The number of hydrogen-bond acceptors (Lipinski definition) is 4. The van der Waals surface area contributed by atoms with E-state index in [2.05, 4.69) is 22.3 Å². The Morgan fingerprint density at radius 3 is 3.06 bits per heavy atom. The Bertz CT molecular complexity index is 408. The molecule has 4 nitrogen and oxygen atoms in total. The van der Waals surface area contributed by atoms with E-state index in [0.717, 1.165) is 24.6 Å². The van der Waals surface area contributed by atoms with Crippen LogP contribution in [0.2, 0.25) is 0 Å². The summed E-state index contributed by atoms with van der Waals surface area (Å²) >= 11 is 0. The molecular formula is C13H18N2O2. The van der Waals surface area contributed by atoms with Crippen LogP contribution in [0.5, 0.6) is 11.5 Å². The van der Waals surface area contributed by atoms with Gasteiger partial charge in [-0.1, -0.05) is 0 Å². The van der Waals surface area contributed by atoms with Gasteiger partial charge < -0.3 is 19.7 Å². The lowest BCUT2D eigenvalue weighted by molar-refractivity contribution is 0.174. The minimum absolute atomic E-state index is 0.345. The van der Waals surface area contributed by atoms with Crippen molar-refractivity contribution in [3.8, 4) is 11.5 Å². The lowest BCUT2D eigenvalue weighted by Gasteiger charge is -2.34. The van der Waals surface area contributed by atoms with Gasteiger partial charge in [-0.15, -0.1) is 0 Å². The average molecular weight is 234 g/mol. The van der Waals surface area contributed by atoms with Crippen LogP contribution in [0, 0.1) is 0 Å². The summed E-state index contributed by atoms with van der Waals surface area (Å²) < 4.78 is 10.7. The molecule has 0 bridgehead atoms. The molecule has 1 saturated heterocycles. The smallest absolute Gasteiger partial charge is 0.231 e. The molecule has 0 aliphatic carbocycles. The normalized spacial score (nSPS) is 22.9. The second kappa shape index (κ2) is 4.45. The number of hydrogen-bond donors (Lipinski definition) is 1. The minimum atomic E-state index is 0.345. The number of benzene rings is 1. The van der Waals surface area contributed by atoms with Crippen LogP contribution in [0.1, 0.15) is 12.8 Å². The highest BCUT2D eigenvalue weighted by atomic mass is 16.7. The Balaban J connectivity index is 1.79. The second-order valence-corrected chi connectivity index (χ2v) is 4.61. The molecule has 4 heteroatoms. The Kier molecular flexibility index (Phi) is 2.81. The van der Waals surface area contributed by atoms with Crippen LogP contribution < -0.4 is 19.7 Å². The maximum Gasteiger partial charge on any atom is 0.231 e. The molecule has 0 aromatic heterocycles. The molecular weight excluding hydrogens is 216 g/mol. The molecule has 2 aliphatic rings. The fourth-order valence-corrected chi connectivity index (χ4v) is 2.53. The Hall–Kier alpha value is -1.42. The molecule has 1 aromatic rings. The number of fused-ring (bicyclic) bond motifs is 1. The standard InChI is InChI=1S/C13H18N2O2/c1-14-10-3-2-6-15(8-10)11-4-5-12-13(7-11)17-9-16-12/h4-5,7,10,14H,2-3,6,8-9H2,1H3. The summed E-state index contributed by atoms with van der Waals surface area (Å²) in [4.78, 5) is 2.41. The van der Waals surface area contributed by atoms with Gasteiger partial charge in [-0.05, 0) is 32.0 Å². The summed E-state index contributed by atoms with van der Waals surface area (Å²) in [5.74, 6) is 1.73.